The molecule has 0 unspecified atom stereocenters. The van der Waals surface area contributed by atoms with E-state index in [4.69, 9.17) is 19.6 Å². The van der Waals surface area contributed by atoms with Gasteiger partial charge in [0.15, 0.2) is 11.5 Å². The number of hydrogen-bond donors (Lipinski definition) is 1. The van der Waals surface area contributed by atoms with E-state index in [1.54, 1.807) is 37.3 Å². The van der Waals surface area contributed by atoms with Gasteiger partial charge in [-0.2, -0.15) is 9.39 Å². The van der Waals surface area contributed by atoms with Crippen molar-refractivity contribution in [1.29, 1.82) is 5.41 Å². The summed E-state index contributed by atoms with van der Waals surface area (Å²) in [4.78, 5) is 30.1. The first-order chi connectivity index (χ1) is 17.1. The lowest BCUT2D eigenvalue weighted by Gasteiger charge is -2.23. The van der Waals surface area contributed by atoms with E-state index < -0.39 is 21.7 Å². The first-order valence-electron chi connectivity index (χ1n) is 10.4. The summed E-state index contributed by atoms with van der Waals surface area (Å²) >= 11 is 0.714. The van der Waals surface area contributed by atoms with Gasteiger partial charge in [0, 0.05) is 6.26 Å². The summed E-state index contributed by atoms with van der Waals surface area (Å²) in [6, 6.07) is 11.1. The molecule has 2 heterocycles. The second-order valence-corrected chi connectivity index (χ2v) is 10.1. The second kappa shape index (κ2) is 9.95. The van der Waals surface area contributed by atoms with Crippen LogP contribution in [0, 0.1) is 5.41 Å². The number of nitrogens with one attached hydrogen (secondary N) is 1. The lowest BCUT2D eigenvalue weighted by molar-refractivity contribution is -0.114. The van der Waals surface area contributed by atoms with Gasteiger partial charge in [-0.3, -0.25) is 10.2 Å². The number of amidine groups is 3. The van der Waals surface area contributed by atoms with E-state index in [-0.39, 0.29) is 45.4 Å². The van der Waals surface area contributed by atoms with Crippen molar-refractivity contribution in [2.24, 2.45) is 9.39 Å². The van der Waals surface area contributed by atoms with Crippen LogP contribution < -0.4 is 14.2 Å². The van der Waals surface area contributed by atoms with Crippen LogP contribution in [0.3, 0.4) is 0 Å². The Bertz CT molecular complexity index is 1480. The van der Waals surface area contributed by atoms with E-state index in [0.29, 0.717) is 23.3 Å². The maximum atomic E-state index is 12.6. The van der Waals surface area contributed by atoms with Crippen LogP contribution in [0.15, 0.2) is 57.4 Å². The molecule has 2 aliphatic heterocycles. The van der Waals surface area contributed by atoms with Crippen LogP contribution in [0.4, 0.5) is 0 Å². The van der Waals surface area contributed by atoms with Crippen molar-refractivity contribution in [3.05, 3.63) is 59.2 Å². The number of amides is 1. The zero-order valence-corrected chi connectivity index (χ0v) is 21.0. The van der Waals surface area contributed by atoms with E-state index in [1.165, 1.54) is 25.3 Å². The SMILES string of the molecule is CCOc1cc(/C=C2/C(=N)N3C(=NC2=O)SN=C3S(C)(=O)=O)ccc1OC(=O)c1cccc(OC)c1. The van der Waals surface area contributed by atoms with Crippen molar-refractivity contribution in [1.82, 2.24) is 4.90 Å². The second-order valence-electron chi connectivity index (χ2n) is 7.44. The minimum Gasteiger partial charge on any atom is -0.497 e. The largest absolute Gasteiger partial charge is 0.497 e. The summed E-state index contributed by atoms with van der Waals surface area (Å²) in [7, 11) is -2.27. The quantitative estimate of drug-likeness (QED) is 0.259. The number of benzene rings is 2. The molecule has 11 nitrogen and oxygen atoms in total. The van der Waals surface area contributed by atoms with Gasteiger partial charge < -0.3 is 14.2 Å². The molecule has 2 aromatic carbocycles. The van der Waals surface area contributed by atoms with Crippen molar-refractivity contribution < 1.29 is 32.2 Å². The zero-order valence-electron chi connectivity index (χ0n) is 19.3. The predicted octanol–water partition coefficient (Wildman–Crippen LogP) is 2.93. The number of esters is 1. The molecule has 0 aliphatic carbocycles. The highest BCUT2D eigenvalue weighted by Crippen LogP contribution is 2.33. The average Bonchev–Trinajstić information content (AvgIpc) is 3.28. The van der Waals surface area contributed by atoms with Gasteiger partial charge in [-0.25, -0.2) is 18.1 Å². The van der Waals surface area contributed by atoms with Gasteiger partial charge in [0.1, 0.15) is 11.6 Å². The molecule has 0 bridgehead atoms. The maximum absolute atomic E-state index is 12.6. The standard InChI is InChI=1S/C23H20N4O7S2/c1-4-33-18-11-13(8-9-17(18)34-21(29)14-6-5-7-15(12-14)32-2)10-16-19(24)27-22(25-20(16)28)35-26-23(27)36(3,30)31/h5-12,24H,4H2,1-3H3/b16-10-,24-19?. The van der Waals surface area contributed by atoms with Crippen LogP contribution in [0.25, 0.3) is 6.08 Å². The fourth-order valence-electron chi connectivity index (χ4n) is 3.28. The van der Waals surface area contributed by atoms with E-state index >= 15 is 0 Å². The van der Waals surface area contributed by atoms with Gasteiger partial charge in [0.2, 0.25) is 20.2 Å². The van der Waals surface area contributed by atoms with Crippen molar-refractivity contribution >= 4 is 55.9 Å². The molecule has 4 rings (SSSR count). The highest BCUT2D eigenvalue weighted by Gasteiger charge is 2.41. The Hall–Kier alpha value is -3.97. The molecule has 0 fully saturated rings. The molecule has 13 heteroatoms. The smallest absolute Gasteiger partial charge is 0.343 e. The molecular formula is C23H20N4O7S2. The van der Waals surface area contributed by atoms with E-state index in [0.717, 1.165) is 11.2 Å². The highest BCUT2D eigenvalue weighted by molar-refractivity contribution is 8.16. The topological polar surface area (TPSA) is 148 Å². The fourth-order valence-corrected chi connectivity index (χ4v) is 5.13. The molecule has 2 aromatic rings. The van der Waals surface area contributed by atoms with Crippen molar-refractivity contribution in [3.63, 3.8) is 0 Å². The molecule has 1 N–H and O–H groups in total. The Morgan fingerprint density at radius 2 is 1.97 bits per heavy atom. The number of carbonyl (C=O) groups excluding carboxylic acids is 2. The number of aliphatic imine (C=N–C) groups is 1. The highest BCUT2D eigenvalue weighted by atomic mass is 32.2. The molecule has 186 valence electrons. The molecule has 0 radical (unpaired) electrons. The fraction of sp³-hybridized carbons (Fsp3) is 0.174. The van der Waals surface area contributed by atoms with Gasteiger partial charge in [-0.15, -0.1) is 0 Å². The van der Waals surface area contributed by atoms with Gasteiger partial charge in [0.05, 0.1) is 36.8 Å². The lowest BCUT2D eigenvalue weighted by atomic mass is 10.1. The summed E-state index contributed by atoms with van der Waals surface area (Å²) in [5.74, 6) is -0.814. The predicted molar refractivity (Wildman–Crippen MR) is 135 cm³/mol. The zero-order chi connectivity index (χ0) is 26.0. The third-order valence-corrected chi connectivity index (χ3v) is 6.67. The Balaban J connectivity index is 1.64. The van der Waals surface area contributed by atoms with Crippen LogP contribution in [0.2, 0.25) is 0 Å². The van der Waals surface area contributed by atoms with Crippen LogP contribution in [-0.2, 0) is 14.6 Å². The third kappa shape index (κ3) is 5.02. The minimum absolute atomic E-state index is 0.00242. The number of hydrogen-bond acceptors (Lipinski definition) is 10. The van der Waals surface area contributed by atoms with Crippen LogP contribution in [0.1, 0.15) is 22.8 Å². The minimum atomic E-state index is -3.76. The number of carbonyl (C=O) groups is 2. The number of fused-ring (bicyclic) bond motifs is 1. The average molecular weight is 529 g/mol. The number of sulfone groups is 1. The monoisotopic (exact) mass is 528 g/mol. The van der Waals surface area contributed by atoms with Gasteiger partial charge in [0.25, 0.3) is 5.91 Å². The summed E-state index contributed by atoms with van der Waals surface area (Å²) < 4.78 is 44.2. The molecule has 0 aromatic heterocycles. The Labute approximate surface area is 211 Å². The maximum Gasteiger partial charge on any atom is 0.343 e. The van der Waals surface area contributed by atoms with Gasteiger partial charge in [-0.05, 0) is 48.9 Å². The molecule has 1 amide bonds. The summed E-state index contributed by atoms with van der Waals surface area (Å²) in [6.45, 7) is 2.03. The molecular weight excluding hydrogens is 508 g/mol. The first-order valence-corrected chi connectivity index (χ1v) is 13.1. The number of rotatable bonds is 6. The summed E-state index contributed by atoms with van der Waals surface area (Å²) in [6.07, 6.45) is 2.34. The number of nitrogens with zero attached hydrogens (tertiary/aromatic N) is 3. The van der Waals surface area contributed by atoms with Crippen LogP contribution in [0.5, 0.6) is 17.2 Å². The van der Waals surface area contributed by atoms with Gasteiger partial charge >= 0.3 is 5.97 Å². The van der Waals surface area contributed by atoms with E-state index in [9.17, 15) is 18.0 Å². The van der Waals surface area contributed by atoms with Crippen molar-refractivity contribution in [3.8, 4) is 17.2 Å². The molecule has 0 saturated heterocycles. The molecule has 0 atom stereocenters. The van der Waals surface area contributed by atoms with Crippen LogP contribution >= 0.6 is 11.9 Å². The van der Waals surface area contributed by atoms with E-state index in [1.807, 2.05) is 0 Å². The molecule has 0 spiro atoms. The first kappa shape index (κ1) is 25.1. The van der Waals surface area contributed by atoms with Crippen LogP contribution in [-0.4, -0.2) is 61.3 Å². The number of ether oxygens (including phenoxy) is 3. The Morgan fingerprint density at radius 3 is 2.67 bits per heavy atom. The van der Waals surface area contributed by atoms with Gasteiger partial charge in [-0.1, -0.05) is 12.1 Å². The molecule has 0 saturated carbocycles. The Kier molecular flexibility index (Phi) is 6.95. The van der Waals surface area contributed by atoms with Crippen molar-refractivity contribution in [2.45, 2.75) is 6.92 Å². The normalized spacial score (nSPS) is 16.4. The van der Waals surface area contributed by atoms with E-state index in [2.05, 4.69) is 9.39 Å². The lowest BCUT2D eigenvalue weighted by Crippen LogP contribution is -2.45. The summed E-state index contributed by atoms with van der Waals surface area (Å²) in [5.41, 5.74) is 0.585. The summed E-state index contributed by atoms with van der Waals surface area (Å²) in [5, 5.41) is 8.07. The Morgan fingerprint density at radius 1 is 1.19 bits per heavy atom. The third-order valence-electron chi connectivity index (χ3n) is 4.91. The number of methoxy groups -OCH3 is 1. The molecule has 2 aliphatic rings. The molecule has 36 heavy (non-hydrogen) atoms. The van der Waals surface area contributed by atoms with Crippen molar-refractivity contribution in [2.75, 3.05) is 20.0 Å².